The number of nitrogens with one attached hydrogen (secondary N) is 1. The monoisotopic (exact) mass is 550 g/mol. The molecule has 3 aromatic rings. The summed E-state index contributed by atoms with van der Waals surface area (Å²) in [7, 11) is 5.63. The minimum absolute atomic E-state index is 0. The lowest BCUT2D eigenvalue weighted by atomic mass is 9.70. The largest absolute Gasteiger partial charge is 0.497 e. The molecule has 4 aliphatic carbocycles. The molecular formula is C33H50N4O3. The Bertz CT molecular complexity index is 1580. The topological polar surface area (TPSA) is 73.9 Å². The third kappa shape index (κ3) is 3.29. The summed E-state index contributed by atoms with van der Waals surface area (Å²) in [5.41, 5.74) is 6.38. The number of aromatic nitrogens is 4. The normalized spacial score (nSPS) is 29.1. The van der Waals surface area contributed by atoms with Gasteiger partial charge in [-0.25, -0.2) is 4.68 Å². The summed E-state index contributed by atoms with van der Waals surface area (Å²) in [5.74, 6) is 1.60. The minimum Gasteiger partial charge on any atom is -0.497 e. The maximum atomic E-state index is 13.2. The molecule has 2 aromatic heterocycles. The van der Waals surface area contributed by atoms with Crippen LogP contribution in [0.2, 0.25) is 0 Å². The van der Waals surface area contributed by atoms with Crippen molar-refractivity contribution in [1.29, 1.82) is 0 Å². The van der Waals surface area contributed by atoms with Crippen molar-refractivity contribution in [3.8, 4) is 11.4 Å². The van der Waals surface area contributed by atoms with E-state index in [2.05, 4.69) is 51.3 Å². The number of rotatable bonds is 2. The highest BCUT2D eigenvalue weighted by atomic mass is 16.5. The second-order valence-electron chi connectivity index (χ2n) is 13.7. The highest BCUT2D eigenvalue weighted by Gasteiger charge is 2.63. The third-order valence-corrected chi connectivity index (χ3v) is 11.9. The summed E-state index contributed by atoms with van der Waals surface area (Å²) < 4.78 is 11.1. The summed E-state index contributed by atoms with van der Waals surface area (Å²) in [6.07, 6.45) is 4.66. The van der Waals surface area contributed by atoms with Gasteiger partial charge in [-0.3, -0.25) is 24.1 Å². The van der Waals surface area contributed by atoms with Gasteiger partial charge < -0.3 is 4.74 Å². The van der Waals surface area contributed by atoms with Gasteiger partial charge in [0.25, 0.3) is 11.1 Å². The van der Waals surface area contributed by atoms with Gasteiger partial charge in [-0.05, 0) is 60.5 Å². The summed E-state index contributed by atoms with van der Waals surface area (Å²) in [6.45, 7) is 13.9. The number of ether oxygens (including phenoxy) is 1. The molecule has 220 valence electrons. The van der Waals surface area contributed by atoms with E-state index in [0.29, 0.717) is 11.8 Å². The van der Waals surface area contributed by atoms with E-state index >= 15 is 0 Å². The fraction of sp³-hybridized carbons (Fsp3) is 0.636. The molecule has 1 N–H and O–H groups in total. The van der Waals surface area contributed by atoms with Crippen LogP contribution in [-0.4, -0.2) is 26.3 Å². The number of hydrogen-bond donors (Lipinski definition) is 1. The van der Waals surface area contributed by atoms with Gasteiger partial charge in [0.05, 0.1) is 18.5 Å². The van der Waals surface area contributed by atoms with Gasteiger partial charge in [0.1, 0.15) is 5.75 Å². The Kier molecular flexibility index (Phi) is 6.77. The maximum Gasteiger partial charge on any atom is 0.275 e. The molecule has 4 atom stereocenters. The van der Waals surface area contributed by atoms with Gasteiger partial charge in [0, 0.05) is 47.8 Å². The number of hydrogen-bond acceptors (Lipinski definition) is 3. The number of aryl methyl sites for hydroxylation is 1. The molecule has 2 saturated carbocycles. The Labute approximate surface area is 239 Å². The Morgan fingerprint density at radius 2 is 1.40 bits per heavy atom. The number of methoxy groups -OCH3 is 1. The quantitative estimate of drug-likeness (QED) is 0.395. The molecule has 7 heteroatoms. The molecule has 4 aliphatic rings. The van der Waals surface area contributed by atoms with Gasteiger partial charge in [-0.2, -0.15) is 0 Å². The van der Waals surface area contributed by atoms with Gasteiger partial charge in [-0.15, -0.1) is 0 Å². The summed E-state index contributed by atoms with van der Waals surface area (Å²) in [5, 5.41) is 2.90. The second-order valence-corrected chi connectivity index (χ2v) is 13.7. The molecule has 0 aliphatic heterocycles. The van der Waals surface area contributed by atoms with Gasteiger partial charge in [0.2, 0.25) is 0 Å². The summed E-state index contributed by atoms with van der Waals surface area (Å²) in [6, 6.07) is 7.72. The molecule has 0 amide bonds. The van der Waals surface area contributed by atoms with Crippen LogP contribution in [0.3, 0.4) is 0 Å². The van der Waals surface area contributed by atoms with Crippen molar-refractivity contribution in [3.63, 3.8) is 0 Å². The molecule has 7 nitrogen and oxygen atoms in total. The van der Waals surface area contributed by atoms with E-state index < -0.39 is 0 Å². The van der Waals surface area contributed by atoms with Crippen molar-refractivity contribution in [1.82, 2.24) is 19.1 Å². The van der Waals surface area contributed by atoms with E-state index in [4.69, 9.17) is 4.74 Å². The van der Waals surface area contributed by atoms with Crippen molar-refractivity contribution in [3.05, 3.63) is 67.5 Å². The first-order valence-corrected chi connectivity index (χ1v) is 14.0. The first-order chi connectivity index (χ1) is 17.7. The lowest BCUT2D eigenvalue weighted by Gasteiger charge is -2.36. The van der Waals surface area contributed by atoms with E-state index in [1.54, 1.807) is 11.8 Å². The number of H-pyrrole nitrogens is 1. The van der Waals surface area contributed by atoms with Crippen LogP contribution in [0.5, 0.6) is 5.75 Å². The zero-order valence-corrected chi connectivity index (χ0v) is 24.4. The average Bonchev–Trinajstić information content (AvgIpc) is 3.56. The minimum atomic E-state index is 0. The van der Waals surface area contributed by atoms with E-state index in [9.17, 15) is 9.59 Å². The highest BCUT2D eigenvalue weighted by molar-refractivity contribution is 5.48. The standard InChI is InChI=1S/C19H24N2O2.C12H18N2O.2CH4/c1-18(2)14-9-10-19(18,3)16-15(14)17(22)21(20(16)4)12-7-6-8-13(11-12)23-5;1-11(2)7-5-6-12(11,3)9-8(7)10(15)13-14(9)4;;/h6-8,11,14H,9-10H2,1-5H3;7H,5-6H2,1-4H3,(H,13,15);2*1H4/t14-,19+;7-,12+;;/m11../s1. The lowest BCUT2D eigenvalue weighted by molar-refractivity contribution is 0.218. The summed E-state index contributed by atoms with van der Waals surface area (Å²) >= 11 is 0. The molecule has 40 heavy (non-hydrogen) atoms. The van der Waals surface area contributed by atoms with E-state index in [1.807, 2.05) is 43.0 Å². The van der Waals surface area contributed by atoms with Crippen LogP contribution in [0.25, 0.3) is 5.69 Å². The van der Waals surface area contributed by atoms with Crippen LogP contribution in [0.1, 0.15) is 116 Å². The highest BCUT2D eigenvalue weighted by Crippen LogP contribution is 2.67. The van der Waals surface area contributed by atoms with Crippen LogP contribution >= 0.6 is 0 Å². The number of benzene rings is 1. The lowest BCUT2D eigenvalue weighted by Crippen LogP contribution is -2.35. The van der Waals surface area contributed by atoms with Gasteiger partial charge in [0.15, 0.2) is 0 Å². The SMILES string of the molecule is C.C.COc1cccc(-n2c(=O)c3c(n2C)[C@]2(C)CC[C@H]3C2(C)C)c1.Cn1[nH]c(=O)c2c1[C@]1(C)CC[C@H]2C1(C)C. The molecular weight excluding hydrogens is 500 g/mol. The zero-order chi connectivity index (χ0) is 27.6. The Balaban J connectivity index is 0.000000190. The van der Waals surface area contributed by atoms with Gasteiger partial charge in [-0.1, -0.05) is 62.5 Å². The average molecular weight is 551 g/mol. The zero-order valence-electron chi connectivity index (χ0n) is 24.4. The fourth-order valence-electron chi connectivity index (χ4n) is 9.03. The van der Waals surface area contributed by atoms with Crippen LogP contribution < -0.4 is 15.9 Å². The Hall–Kier alpha value is -2.96. The molecule has 0 spiro atoms. The first-order valence-electron chi connectivity index (χ1n) is 14.0. The van der Waals surface area contributed by atoms with Crippen LogP contribution in [-0.2, 0) is 24.9 Å². The number of aromatic amines is 1. The van der Waals surface area contributed by atoms with Crippen LogP contribution in [0.15, 0.2) is 33.9 Å². The van der Waals surface area contributed by atoms with Crippen molar-refractivity contribution >= 4 is 0 Å². The smallest absolute Gasteiger partial charge is 0.275 e. The third-order valence-electron chi connectivity index (χ3n) is 11.9. The maximum absolute atomic E-state index is 13.2. The molecule has 0 saturated heterocycles. The van der Waals surface area contributed by atoms with E-state index in [0.717, 1.165) is 35.4 Å². The van der Waals surface area contributed by atoms with Crippen molar-refractivity contribution in [2.45, 2.75) is 105 Å². The Morgan fingerprint density at radius 1 is 0.850 bits per heavy atom. The number of nitrogens with zero attached hydrogens (tertiary/aromatic N) is 3. The molecule has 4 bridgehead atoms. The molecule has 7 rings (SSSR count). The van der Waals surface area contributed by atoms with E-state index in [1.165, 1.54) is 24.2 Å². The van der Waals surface area contributed by atoms with E-state index in [-0.39, 0.29) is 47.6 Å². The Morgan fingerprint density at radius 3 is 1.93 bits per heavy atom. The van der Waals surface area contributed by atoms with Crippen molar-refractivity contribution < 1.29 is 4.74 Å². The van der Waals surface area contributed by atoms with Gasteiger partial charge >= 0.3 is 0 Å². The first kappa shape index (κ1) is 30.0. The van der Waals surface area contributed by atoms with Crippen molar-refractivity contribution in [2.75, 3.05) is 7.11 Å². The molecule has 0 unspecified atom stereocenters. The predicted octanol–water partition coefficient (Wildman–Crippen LogP) is 6.52. The molecule has 2 heterocycles. The molecule has 1 aromatic carbocycles. The molecule has 2 fully saturated rings. The van der Waals surface area contributed by atoms with Crippen molar-refractivity contribution in [2.24, 2.45) is 24.9 Å². The second kappa shape index (κ2) is 9.02. The fourth-order valence-corrected chi connectivity index (χ4v) is 9.03. The van der Waals surface area contributed by atoms with Crippen LogP contribution in [0, 0.1) is 10.8 Å². The molecule has 0 radical (unpaired) electrons. The number of fused-ring (bicyclic) bond motifs is 10. The van der Waals surface area contributed by atoms with Crippen LogP contribution in [0.4, 0.5) is 0 Å². The summed E-state index contributed by atoms with van der Waals surface area (Å²) in [4.78, 5) is 25.1. The predicted molar refractivity (Wildman–Crippen MR) is 163 cm³/mol.